The first-order valence-electron chi connectivity index (χ1n) is 10.2. The van der Waals surface area contributed by atoms with Crippen molar-refractivity contribution in [1.29, 1.82) is 0 Å². The summed E-state index contributed by atoms with van der Waals surface area (Å²) < 4.78 is 44.3. The Labute approximate surface area is 173 Å². The van der Waals surface area contributed by atoms with Crippen LogP contribution in [-0.4, -0.2) is 29.6 Å². The number of fused-ring (bicyclic) bond motifs is 1. The monoisotopic (exact) mass is 419 g/mol. The Bertz CT molecular complexity index is 880. The highest BCUT2D eigenvalue weighted by molar-refractivity contribution is 5.83. The molecule has 160 valence electrons. The van der Waals surface area contributed by atoms with Gasteiger partial charge in [0.15, 0.2) is 6.10 Å². The fourth-order valence-corrected chi connectivity index (χ4v) is 4.04. The van der Waals surface area contributed by atoms with Crippen LogP contribution in [0.3, 0.4) is 0 Å². The van der Waals surface area contributed by atoms with E-state index in [-0.39, 0.29) is 11.9 Å². The van der Waals surface area contributed by atoms with Crippen LogP contribution >= 0.6 is 0 Å². The predicted molar refractivity (Wildman–Crippen MR) is 106 cm³/mol. The molecule has 8 heteroatoms. The lowest BCUT2D eigenvalue weighted by Gasteiger charge is -2.36. The van der Waals surface area contributed by atoms with Gasteiger partial charge in [0, 0.05) is 18.8 Å². The number of pyridine rings is 1. The minimum absolute atomic E-state index is 0.146. The summed E-state index contributed by atoms with van der Waals surface area (Å²) in [5.74, 6) is 0.444. The average Bonchev–Trinajstić information content (AvgIpc) is 2.74. The number of hydrogen-bond donors (Lipinski definition) is 1. The Morgan fingerprint density at radius 1 is 1.13 bits per heavy atom. The van der Waals surface area contributed by atoms with E-state index < -0.39 is 18.0 Å². The molecule has 1 aromatic carbocycles. The van der Waals surface area contributed by atoms with Crippen LogP contribution in [0, 0.1) is 0 Å². The standard InChI is InChI=1S/C22H24F3N3O2/c23-22(24,25)20-11-10-15(12-26-20)13-28-14-19(30-18-9-5-4-8-17(18)28)21(29)27-16-6-2-1-3-7-16/h4-5,8-12,16,19H,1-3,6-7,13-14H2,(H,27,29). The minimum atomic E-state index is -4.47. The van der Waals surface area contributed by atoms with E-state index >= 15 is 0 Å². The van der Waals surface area contributed by atoms with Gasteiger partial charge in [0.1, 0.15) is 11.4 Å². The zero-order valence-corrected chi connectivity index (χ0v) is 16.5. The number of halogens is 3. The number of aromatic nitrogens is 1. The number of carbonyl (C=O) groups excluding carboxylic acids is 1. The number of nitrogens with zero attached hydrogens (tertiary/aromatic N) is 2. The van der Waals surface area contributed by atoms with Crippen molar-refractivity contribution in [3.63, 3.8) is 0 Å². The molecule has 5 nitrogen and oxygen atoms in total. The van der Waals surface area contributed by atoms with Gasteiger partial charge in [-0.2, -0.15) is 13.2 Å². The van der Waals surface area contributed by atoms with Crippen LogP contribution in [0.25, 0.3) is 0 Å². The van der Waals surface area contributed by atoms with E-state index in [2.05, 4.69) is 10.3 Å². The van der Waals surface area contributed by atoms with E-state index in [9.17, 15) is 18.0 Å². The highest BCUT2D eigenvalue weighted by Crippen LogP contribution is 2.34. The largest absolute Gasteiger partial charge is 0.477 e. The van der Waals surface area contributed by atoms with Gasteiger partial charge in [-0.1, -0.05) is 37.5 Å². The Balaban J connectivity index is 1.49. The summed E-state index contributed by atoms with van der Waals surface area (Å²) in [4.78, 5) is 18.3. The summed E-state index contributed by atoms with van der Waals surface area (Å²) in [5.41, 5.74) is 0.517. The highest BCUT2D eigenvalue weighted by atomic mass is 19.4. The third-order valence-corrected chi connectivity index (χ3v) is 5.59. The summed E-state index contributed by atoms with van der Waals surface area (Å²) in [6.45, 7) is 0.648. The molecule has 1 fully saturated rings. The molecule has 1 N–H and O–H groups in total. The zero-order chi connectivity index (χ0) is 21.1. The lowest BCUT2D eigenvalue weighted by atomic mass is 9.95. The molecule has 2 aromatic rings. The van der Waals surface area contributed by atoms with Crippen LogP contribution in [0.2, 0.25) is 0 Å². The minimum Gasteiger partial charge on any atom is -0.477 e. The molecule has 0 spiro atoms. The Kier molecular flexibility index (Phi) is 5.83. The van der Waals surface area contributed by atoms with Crippen molar-refractivity contribution in [1.82, 2.24) is 10.3 Å². The SMILES string of the molecule is O=C(NC1CCCCC1)C1CN(Cc2ccc(C(F)(F)F)nc2)c2ccccc2O1. The van der Waals surface area contributed by atoms with Gasteiger partial charge in [0.25, 0.3) is 5.91 Å². The molecule has 1 aliphatic carbocycles. The summed E-state index contributed by atoms with van der Waals surface area (Å²) in [6, 6.07) is 9.95. The van der Waals surface area contributed by atoms with Crippen LogP contribution in [0.4, 0.5) is 18.9 Å². The summed E-state index contributed by atoms with van der Waals surface area (Å²) >= 11 is 0. The number of nitrogens with one attached hydrogen (secondary N) is 1. The van der Waals surface area contributed by atoms with Gasteiger partial charge in [-0.3, -0.25) is 9.78 Å². The molecule has 1 atom stereocenters. The molecule has 2 heterocycles. The highest BCUT2D eigenvalue weighted by Gasteiger charge is 2.33. The van der Waals surface area contributed by atoms with Crippen LogP contribution < -0.4 is 15.0 Å². The molecule has 4 rings (SSSR count). The Morgan fingerprint density at radius 2 is 1.90 bits per heavy atom. The van der Waals surface area contributed by atoms with E-state index in [1.54, 1.807) is 6.07 Å². The fourth-order valence-electron chi connectivity index (χ4n) is 4.04. The van der Waals surface area contributed by atoms with Crippen LogP contribution in [-0.2, 0) is 17.5 Å². The van der Waals surface area contributed by atoms with Crippen molar-refractivity contribution in [2.24, 2.45) is 0 Å². The van der Waals surface area contributed by atoms with Crippen molar-refractivity contribution >= 4 is 11.6 Å². The Hall–Kier alpha value is -2.77. The number of para-hydroxylation sites is 2. The first kappa shape index (κ1) is 20.5. The number of amides is 1. The molecule has 30 heavy (non-hydrogen) atoms. The van der Waals surface area contributed by atoms with Crippen LogP contribution in [0.5, 0.6) is 5.75 Å². The fraction of sp³-hybridized carbons (Fsp3) is 0.455. The quantitative estimate of drug-likeness (QED) is 0.802. The number of carbonyl (C=O) groups is 1. The molecule has 1 saturated carbocycles. The van der Waals surface area contributed by atoms with Gasteiger partial charge in [0.05, 0.1) is 12.2 Å². The third-order valence-electron chi connectivity index (χ3n) is 5.59. The van der Waals surface area contributed by atoms with Crippen molar-refractivity contribution in [2.75, 3.05) is 11.4 Å². The molecule has 0 radical (unpaired) electrons. The van der Waals surface area contributed by atoms with Crippen molar-refractivity contribution in [3.05, 3.63) is 53.9 Å². The Morgan fingerprint density at radius 3 is 2.60 bits per heavy atom. The van der Waals surface area contributed by atoms with Crippen molar-refractivity contribution in [3.8, 4) is 5.75 Å². The molecule has 0 saturated heterocycles. The van der Waals surface area contributed by atoms with E-state index in [1.165, 1.54) is 18.7 Å². The van der Waals surface area contributed by atoms with Gasteiger partial charge in [0.2, 0.25) is 0 Å². The topological polar surface area (TPSA) is 54.5 Å². The second-order valence-corrected chi connectivity index (χ2v) is 7.85. The number of rotatable bonds is 4. The maximum Gasteiger partial charge on any atom is 0.433 e. The van der Waals surface area contributed by atoms with Crippen molar-refractivity contribution < 1.29 is 22.7 Å². The predicted octanol–water partition coefficient (Wildman–Crippen LogP) is 4.32. The number of benzene rings is 1. The number of hydrogen-bond acceptors (Lipinski definition) is 4. The normalized spacial score (nSPS) is 19.7. The van der Waals surface area contributed by atoms with Gasteiger partial charge in [-0.15, -0.1) is 0 Å². The maximum absolute atomic E-state index is 12.8. The smallest absolute Gasteiger partial charge is 0.433 e. The van der Waals surface area contributed by atoms with Gasteiger partial charge >= 0.3 is 6.18 Å². The summed E-state index contributed by atoms with van der Waals surface area (Å²) in [7, 11) is 0. The molecule has 1 aromatic heterocycles. The second kappa shape index (κ2) is 8.53. The van der Waals surface area contributed by atoms with Gasteiger partial charge in [-0.25, -0.2) is 0 Å². The van der Waals surface area contributed by atoms with E-state index in [0.29, 0.717) is 24.4 Å². The molecule has 2 aliphatic rings. The van der Waals surface area contributed by atoms with E-state index in [4.69, 9.17) is 4.74 Å². The number of anilines is 1. The third kappa shape index (κ3) is 4.68. The lowest BCUT2D eigenvalue weighted by Crippen LogP contribution is -2.51. The first-order valence-corrected chi connectivity index (χ1v) is 10.2. The maximum atomic E-state index is 12.8. The summed E-state index contributed by atoms with van der Waals surface area (Å²) in [6.07, 6.45) is 1.49. The van der Waals surface area contributed by atoms with Gasteiger partial charge < -0.3 is 15.0 Å². The molecule has 1 aliphatic heterocycles. The number of alkyl halides is 3. The molecular weight excluding hydrogens is 395 g/mol. The van der Waals surface area contributed by atoms with Crippen molar-refractivity contribution in [2.45, 2.75) is 57.0 Å². The van der Waals surface area contributed by atoms with Crippen LogP contribution in [0.1, 0.15) is 43.4 Å². The number of ether oxygens (including phenoxy) is 1. The molecule has 1 unspecified atom stereocenters. The lowest BCUT2D eigenvalue weighted by molar-refractivity contribution is -0.141. The zero-order valence-electron chi connectivity index (χ0n) is 16.5. The van der Waals surface area contributed by atoms with E-state index in [0.717, 1.165) is 37.4 Å². The molecule has 1 amide bonds. The molecular formula is C22H24F3N3O2. The van der Waals surface area contributed by atoms with E-state index in [1.807, 2.05) is 23.1 Å². The first-order chi connectivity index (χ1) is 14.4. The van der Waals surface area contributed by atoms with Gasteiger partial charge in [-0.05, 0) is 36.6 Å². The molecule has 0 bridgehead atoms. The summed E-state index contributed by atoms with van der Waals surface area (Å²) in [5, 5.41) is 3.10. The average molecular weight is 419 g/mol. The second-order valence-electron chi connectivity index (χ2n) is 7.85. The van der Waals surface area contributed by atoms with Crippen LogP contribution in [0.15, 0.2) is 42.6 Å².